The number of rotatable bonds is 7. The highest BCUT2D eigenvalue weighted by Crippen LogP contribution is 2.26. The smallest absolute Gasteiger partial charge is 0.340 e. The fourth-order valence-corrected chi connectivity index (χ4v) is 2.53. The zero-order valence-electron chi connectivity index (χ0n) is 14.1. The van der Waals surface area contributed by atoms with E-state index >= 15 is 0 Å². The number of ketones is 1. The summed E-state index contributed by atoms with van der Waals surface area (Å²) in [6.07, 6.45) is 0. The Morgan fingerprint density at radius 2 is 1.80 bits per heavy atom. The average molecular weight is 346 g/mol. The summed E-state index contributed by atoms with van der Waals surface area (Å²) in [6, 6.07) is 5.77. The minimum absolute atomic E-state index is 0.0107. The molecule has 0 atom stereocenters. The molecule has 0 bridgehead atoms. The van der Waals surface area contributed by atoms with E-state index < -0.39 is 23.3 Å². The van der Waals surface area contributed by atoms with Gasteiger partial charge in [0.1, 0.15) is 0 Å². The highest BCUT2D eigenvalue weighted by molar-refractivity contribution is 6.08. The van der Waals surface area contributed by atoms with Crippen LogP contribution in [0.25, 0.3) is 0 Å². The number of hydrogen-bond donors (Lipinski definition) is 1. The van der Waals surface area contributed by atoms with E-state index in [2.05, 4.69) is 4.98 Å². The number of aromatic nitrogens is 1. The number of carbonyl (C=O) groups excluding carboxylic acids is 2. The third-order valence-electron chi connectivity index (χ3n) is 3.55. The second-order valence-electron chi connectivity index (χ2n) is 5.28. The number of benzene rings is 1. The maximum Gasteiger partial charge on any atom is 0.340 e. The van der Waals surface area contributed by atoms with Crippen LogP contribution in [-0.4, -0.2) is 34.9 Å². The van der Waals surface area contributed by atoms with Gasteiger partial charge in [0.15, 0.2) is 12.4 Å². The van der Waals surface area contributed by atoms with E-state index in [4.69, 9.17) is 9.47 Å². The van der Waals surface area contributed by atoms with Gasteiger partial charge >= 0.3 is 11.7 Å². The van der Waals surface area contributed by atoms with Crippen molar-refractivity contribution in [3.05, 3.63) is 56.9 Å². The number of aromatic amines is 1. The summed E-state index contributed by atoms with van der Waals surface area (Å²) >= 11 is 0. The number of nitro groups is 1. The van der Waals surface area contributed by atoms with Gasteiger partial charge in [0.25, 0.3) is 0 Å². The van der Waals surface area contributed by atoms with Crippen LogP contribution in [0.15, 0.2) is 24.3 Å². The number of nitrogens with zero attached hydrogens (tertiary/aromatic N) is 1. The van der Waals surface area contributed by atoms with E-state index in [0.717, 1.165) is 0 Å². The first kappa shape index (κ1) is 18.2. The standard InChI is InChI=1S/C17H18N2O6/c1-4-24-17(21)16-11(3)18-10(2)15(16)13(20)9-25-14-8-6-5-7-12(14)19(22)23/h5-8,18H,4,9H2,1-3H3. The second kappa shape index (κ2) is 7.61. The van der Waals surface area contributed by atoms with Gasteiger partial charge in [0.05, 0.1) is 22.7 Å². The number of esters is 1. The molecule has 25 heavy (non-hydrogen) atoms. The number of carbonyl (C=O) groups is 2. The fourth-order valence-electron chi connectivity index (χ4n) is 2.53. The van der Waals surface area contributed by atoms with Crippen LogP contribution in [0, 0.1) is 24.0 Å². The molecular formula is C17H18N2O6. The number of ether oxygens (including phenoxy) is 2. The van der Waals surface area contributed by atoms with Crippen LogP contribution in [0.3, 0.4) is 0 Å². The fraction of sp³-hybridized carbons (Fsp3) is 0.294. The van der Waals surface area contributed by atoms with Crippen LogP contribution in [-0.2, 0) is 4.74 Å². The number of para-hydroxylation sites is 2. The van der Waals surface area contributed by atoms with Gasteiger partial charge in [-0.15, -0.1) is 0 Å². The molecule has 1 heterocycles. The number of H-pyrrole nitrogens is 1. The van der Waals surface area contributed by atoms with Crippen molar-refractivity contribution in [2.75, 3.05) is 13.2 Å². The second-order valence-corrected chi connectivity index (χ2v) is 5.28. The Bertz CT molecular complexity index is 825. The first-order chi connectivity index (χ1) is 11.9. The van der Waals surface area contributed by atoms with E-state index in [1.165, 1.54) is 18.2 Å². The molecule has 1 aromatic carbocycles. The molecule has 0 radical (unpaired) electrons. The molecule has 0 saturated carbocycles. The summed E-state index contributed by atoms with van der Waals surface area (Å²) in [6.45, 7) is 4.75. The van der Waals surface area contributed by atoms with Gasteiger partial charge in [-0.05, 0) is 26.8 Å². The lowest BCUT2D eigenvalue weighted by Crippen LogP contribution is -2.17. The summed E-state index contributed by atoms with van der Waals surface area (Å²) < 4.78 is 10.3. The first-order valence-corrected chi connectivity index (χ1v) is 7.62. The molecule has 0 unspecified atom stereocenters. The van der Waals surface area contributed by atoms with Crippen LogP contribution in [0.5, 0.6) is 5.75 Å². The Morgan fingerprint density at radius 1 is 1.16 bits per heavy atom. The number of hydrogen-bond acceptors (Lipinski definition) is 6. The third-order valence-corrected chi connectivity index (χ3v) is 3.55. The molecule has 8 heteroatoms. The Hall–Kier alpha value is -3.16. The van der Waals surface area contributed by atoms with Crippen LogP contribution >= 0.6 is 0 Å². The zero-order chi connectivity index (χ0) is 18.6. The van der Waals surface area contributed by atoms with E-state index in [-0.39, 0.29) is 29.2 Å². The molecule has 0 amide bonds. The van der Waals surface area contributed by atoms with E-state index in [0.29, 0.717) is 11.4 Å². The van der Waals surface area contributed by atoms with Crippen molar-refractivity contribution in [3.63, 3.8) is 0 Å². The van der Waals surface area contributed by atoms with Crippen molar-refractivity contribution < 1.29 is 24.0 Å². The van der Waals surface area contributed by atoms with Crippen LogP contribution < -0.4 is 4.74 Å². The lowest BCUT2D eigenvalue weighted by atomic mass is 10.1. The molecule has 0 aliphatic rings. The maximum atomic E-state index is 12.5. The Labute approximate surface area is 143 Å². The van der Waals surface area contributed by atoms with Crippen molar-refractivity contribution in [3.8, 4) is 5.75 Å². The number of Topliss-reactive ketones (excluding diaryl/α,β-unsaturated/α-hetero) is 1. The molecule has 8 nitrogen and oxygen atoms in total. The normalized spacial score (nSPS) is 10.4. The van der Waals surface area contributed by atoms with Gasteiger partial charge in [-0.3, -0.25) is 14.9 Å². The molecule has 1 N–H and O–H groups in total. The van der Waals surface area contributed by atoms with Crippen molar-refractivity contribution in [1.82, 2.24) is 4.98 Å². The average Bonchev–Trinajstić information content (AvgIpc) is 2.87. The minimum atomic E-state index is -0.599. The highest BCUT2D eigenvalue weighted by atomic mass is 16.6. The predicted octanol–water partition coefficient (Wildman–Crippen LogP) is 2.98. The Balaban J connectivity index is 2.25. The van der Waals surface area contributed by atoms with Gasteiger partial charge in [-0.25, -0.2) is 4.79 Å². The summed E-state index contributed by atoms with van der Waals surface area (Å²) in [7, 11) is 0. The molecule has 1 aromatic heterocycles. The number of nitrogens with one attached hydrogen (secondary N) is 1. The van der Waals surface area contributed by atoms with Crippen LogP contribution in [0.1, 0.15) is 39.0 Å². The molecule has 2 rings (SSSR count). The van der Waals surface area contributed by atoms with Crippen molar-refractivity contribution in [2.45, 2.75) is 20.8 Å². The van der Waals surface area contributed by atoms with Gasteiger partial charge in [-0.1, -0.05) is 12.1 Å². The van der Waals surface area contributed by atoms with Crippen LogP contribution in [0.2, 0.25) is 0 Å². The van der Waals surface area contributed by atoms with Gasteiger partial charge < -0.3 is 14.5 Å². The van der Waals surface area contributed by atoms with E-state index in [9.17, 15) is 19.7 Å². The summed E-state index contributed by atoms with van der Waals surface area (Å²) in [4.78, 5) is 38.0. The molecule has 0 spiro atoms. The SMILES string of the molecule is CCOC(=O)c1c(C)[nH]c(C)c1C(=O)COc1ccccc1[N+](=O)[O-]. The third kappa shape index (κ3) is 3.85. The van der Waals surface area contributed by atoms with Crippen LogP contribution in [0.4, 0.5) is 5.69 Å². The minimum Gasteiger partial charge on any atom is -0.478 e. The van der Waals surface area contributed by atoms with Crippen molar-refractivity contribution in [2.24, 2.45) is 0 Å². The zero-order valence-corrected chi connectivity index (χ0v) is 14.1. The lowest BCUT2D eigenvalue weighted by molar-refractivity contribution is -0.385. The van der Waals surface area contributed by atoms with Crippen molar-refractivity contribution >= 4 is 17.4 Å². The monoisotopic (exact) mass is 346 g/mol. The van der Waals surface area contributed by atoms with Gasteiger partial charge in [0.2, 0.25) is 5.78 Å². The summed E-state index contributed by atoms with van der Waals surface area (Å²) in [5.74, 6) is -1.08. The lowest BCUT2D eigenvalue weighted by Gasteiger charge is -2.08. The van der Waals surface area contributed by atoms with Crippen molar-refractivity contribution in [1.29, 1.82) is 0 Å². The molecule has 2 aromatic rings. The van der Waals surface area contributed by atoms with E-state index in [1.807, 2.05) is 0 Å². The molecule has 0 aliphatic heterocycles. The summed E-state index contributed by atoms with van der Waals surface area (Å²) in [5.41, 5.74) is 1.13. The highest BCUT2D eigenvalue weighted by Gasteiger charge is 2.26. The number of nitro benzene ring substituents is 1. The topological polar surface area (TPSA) is 112 Å². The molecule has 132 valence electrons. The summed E-state index contributed by atoms with van der Waals surface area (Å²) in [5, 5.41) is 11.0. The quantitative estimate of drug-likeness (QED) is 0.357. The molecule has 0 aliphatic carbocycles. The predicted molar refractivity (Wildman–Crippen MR) is 89.1 cm³/mol. The maximum absolute atomic E-state index is 12.5. The Kier molecular flexibility index (Phi) is 5.53. The van der Waals surface area contributed by atoms with Gasteiger partial charge in [0, 0.05) is 17.5 Å². The largest absolute Gasteiger partial charge is 0.478 e. The first-order valence-electron chi connectivity index (χ1n) is 7.62. The van der Waals surface area contributed by atoms with E-state index in [1.54, 1.807) is 26.8 Å². The molecular weight excluding hydrogens is 328 g/mol. The van der Waals surface area contributed by atoms with Gasteiger partial charge in [-0.2, -0.15) is 0 Å². The molecule has 0 fully saturated rings. The Morgan fingerprint density at radius 3 is 2.44 bits per heavy atom. The number of aryl methyl sites for hydroxylation is 2. The molecule has 0 saturated heterocycles.